The topological polar surface area (TPSA) is 158 Å². The molecular weight excluding hydrogens is 569 g/mol. The molecule has 44 heavy (non-hydrogen) atoms. The van der Waals surface area contributed by atoms with E-state index in [1.807, 2.05) is 37.3 Å². The van der Waals surface area contributed by atoms with Gasteiger partial charge in [-0.1, -0.05) is 37.3 Å². The van der Waals surface area contributed by atoms with Gasteiger partial charge in [0.25, 0.3) is 0 Å². The number of Topliss-reactive ketones (excluding diaryl/α,β-unsaturated/α-hetero) is 4. The standard InChI is InChI=1S/C33H38FN3O7/c1-4-11-37(12-10-17-8-6-5-7-9-17)16-19-15-22(38)24-20(26(19)34)13-18-14-21-27(36(2)3)29(40)25(32(35)43)31(42)33(21,44)30(41)23(18)28(24)39/h5-9,15,18,21,23,25,27,38,44H,4,10-14,16H2,1-3H3,(H2,35,43)/t18-,21-,23?,25?,27-,33-/m0/s1. The van der Waals surface area contributed by atoms with E-state index >= 15 is 4.39 Å². The average Bonchev–Trinajstić information content (AvgIpc) is 2.96. The third-order valence-corrected chi connectivity index (χ3v) is 9.56. The molecule has 5 rings (SSSR count). The van der Waals surface area contributed by atoms with E-state index < -0.39 is 75.9 Å². The predicted octanol–water partition coefficient (Wildman–Crippen LogP) is 1.46. The molecular formula is C33H38FN3O7. The Morgan fingerprint density at radius 2 is 1.77 bits per heavy atom. The van der Waals surface area contributed by atoms with E-state index in [1.54, 1.807) is 0 Å². The molecule has 0 saturated heterocycles. The van der Waals surface area contributed by atoms with Gasteiger partial charge in [-0.05, 0) is 63.9 Å². The Hall–Kier alpha value is -3.80. The van der Waals surface area contributed by atoms with Crippen molar-refractivity contribution in [3.63, 3.8) is 0 Å². The molecule has 2 unspecified atom stereocenters. The molecule has 4 N–H and O–H groups in total. The van der Waals surface area contributed by atoms with E-state index in [-0.39, 0.29) is 36.1 Å². The summed E-state index contributed by atoms with van der Waals surface area (Å²) in [7, 11) is 3.02. The number of phenolic OH excluding ortho intramolecular Hbond substituents is 1. The van der Waals surface area contributed by atoms with Gasteiger partial charge in [-0.25, -0.2) is 4.39 Å². The number of phenols is 1. The summed E-state index contributed by atoms with van der Waals surface area (Å²) in [6.07, 6.45) is 1.32. The summed E-state index contributed by atoms with van der Waals surface area (Å²) in [6.45, 7) is 3.54. The van der Waals surface area contributed by atoms with E-state index in [2.05, 4.69) is 4.90 Å². The molecule has 11 heteroatoms. The first kappa shape index (κ1) is 31.6. The summed E-state index contributed by atoms with van der Waals surface area (Å²) in [5, 5.41) is 22.7. The minimum absolute atomic E-state index is 0.0196. The summed E-state index contributed by atoms with van der Waals surface area (Å²) in [5.41, 5.74) is 3.52. The largest absolute Gasteiger partial charge is 0.507 e. The minimum Gasteiger partial charge on any atom is -0.507 e. The third-order valence-electron chi connectivity index (χ3n) is 9.56. The Balaban J connectivity index is 1.49. The van der Waals surface area contributed by atoms with Crippen LogP contribution in [-0.2, 0) is 38.6 Å². The van der Waals surface area contributed by atoms with Crippen molar-refractivity contribution in [2.75, 3.05) is 27.2 Å². The Morgan fingerprint density at radius 1 is 1.09 bits per heavy atom. The lowest BCUT2D eigenvalue weighted by Crippen LogP contribution is -2.74. The van der Waals surface area contributed by atoms with Crippen molar-refractivity contribution in [1.29, 1.82) is 0 Å². The molecule has 2 aromatic carbocycles. The van der Waals surface area contributed by atoms with Crippen molar-refractivity contribution in [1.82, 2.24) is 9.80 Å². The number of rotatable bonds is 9. The lowest BCUT2D eigenvalue weighted by atomic mass is 9.52. The number of nitrogens with zero attached hydrogens (tertiary/aromatic N) is 2. The van der Waals surface area contributed by atoms with Gasteiger partial charge in [0.05, 0.1) is 17.5 Å². The number of nitrogens with two attached hydrogens (primary N) is 1. The van der Waals surface area contributed by atoms with Crippen molar-refractivity contribution >= 4 is 29.0 Å². The van der Waals surface area contributed by atoms with Crippen LogP contribution in [0.15, 0.2) is 36.4 Å². The number of benzene rings is 2. The highest BCUT2D eigenvalue weighted by atomic mass is 19.1. The molecule has 234 valence electrons. The lowest BCUT2D eigenvalue weighted by molar-refractivity contribution is -0.181. The molecule has 0 aliphatic heterocycles. The molecule has 10 nitrogen and oxygen atoms in total. The summed E-state index contributed by atoms with van der Waals surface area (Å²) >= 11 is 0. The molecule has 6 atom stereocenters. The van der Waals surface area contributed by atoms with Crippen LogP contribution < -0.4 is 5.73 Å². The van der Waals surface area contributed by atoms with Crippen LogP contribution in [0.1, 0.15) is 46.8 Å². The van der Waals surface area contributed by atoms with E-state index in [4.69, 9.17) is 5.73 Å². The second-order valence-corrected chi connectivity index (χ2v) is 12.5. The van der Waals surface area contributed by atoms with Gasteiger partial charge < -0.3 is 15.9 Å². The number of hydrogen-bond acceptors (Lipinski definition) is 9. The molecule has 2 fully saturated rings. The van der Waals surface area contributed by atoms with E-state index in [0.717, 1.165) is 18.4 Å². The monoisotopic (exact) mass is 607 g/mol. The van der Waals surface area contributed by atoms with Crippen LogP contribution >= 0.6 is 0 Å². The summed E-state index contributed by atoms with van der Waals surface area (Å²) in [6, 6.07) is 9.88. The minimum atomic E-state index is -2.82. The van der Waals surface area contributed by atoms with Gasteiger partial charge in [0.15, 0.2) is 34.7 Å². The van der Waals surface area contributed by atoms with Gasteiger partial charge >= 0.3 is 0 Å². The second kappa shape index (κ2) is 11.9. The fraction of sp³-hybridized carbons (Fsp3) is 0.485. The maximum Gasteiger partial charge on any atom is 0.235 e. The Kier molecular flexibility index (Phi) is 8.58. The van der Waals surface area contributed by atoms with Gasteiger partial charge in [-0.2, -0.15) is 0 Å². The van der Waals surface area contributed by atoms with Crippen molar-refractivity contribution in [2.45, 2.75) is 50.8 Å². The number of likely N-dealkylation sites (N-methyl/N-ethyl adjacent to an activating group) is 1. The van der Waals surface area contributed by atoms with Crippen LogP contribution in [0.3, 0.4) is 0 Å². The van der Waals surface area contributed by atoms with Crippen LogP contribution in [-0.4, -0.2) is 87.9 Å². The Bertz CT molecular complexity index is 1530. The predicted molar refractivity (Wildman–Crippen MR) is 157 cm³/mol. The molecule has 2 aromatic rings. The highest BCUT2D eigenvalue weighted by Gasteiger charge is 2.69. The number of aliphatic hydroxyl groups is 1. The summed E-state index contributed by atoms with van der Waals surface area (Å²) in [5.74, 6) is -12.3. The molecule has 0 heterocycles. The van der Waals surface area contributed by atoms with Crippen molar-refractivity contribution < 1.29 is 38.6 Å². The number of amides is 1. The van der Waals surface area contributed by atoms with Crippen molar-refractivity contribution in [3.05, 3.63) is 64.5 Å². The average molecular weight is 608 g/mol. The summed E-state index contributed by atoms with van der Waals surface area (Å²) < 4.78 is 16.2. The summed E-state index contributed by atoms with van der Waals surface area (Å²) in [4.78, 5) is 69.9. The first-order chi connectivity index (χ1) is 20.8. The van der Waals surface area contributed by atoms with Crippen LogP contribution in [0.25, 0.3) is 0 Å². The molecule has 0 aromatic heterocycles. The molecule has 3 aliphatic carbocycles. The quantitative estimate of drug-likeness (QED) is 0.359. The SMILES string of the molecule is CCCN(CCc1ccccc1)Cc1cc(O)c2c(c1F)C[C@H]1C[C@H]3[C@H](N(C)C)C(=O)C(C(N)=O)C(=O)[C@@]3(O)C(=O)C1C2=O. The molecule has 0 spiro atoms. The Labute approximate surface area is 255 Å². The maximum atomic E-state index is 16.2. The Morgan fingerprint density at radius 3 is 2.39 bits per heavy atom. The number of hydrogen-bond donors (Lipinski definition) is 3. The van der Waals surface area contributed by atoms with Gasteiger partial charge in [-0.3, -0.25) is 33.8 Å². The zero-order valence-corrected chi connectivity index (χ0v) is 25.1. The maximum absolute atomic E-state index is 16.2. The number of primary amides is 1. The first-order valence-electron chi connectivity index (χ1n) is 15.0. The second-order valence-electron chi connectivity index (χ2n) is 12.5. The van der Waals surface area contributed by atoms with E-state index in [0.29, 0.717) is 13.1 Å². The van der Waals surface area contributed by atoms with Crippen molar-refractivity contribution in [3.8, 4) is 5.75 Å². The molecule has 0 bridgehead atoms. The number of fused-ring (bicyclic) bond motifs is 3. The van der Waals surface area contributed by atoms with Gasteiger partial charge in [0, 0.05) is 30.1 Å². The van der Waals surface area contributed by atoms with Crippen LogP contribution in [0, 0.1) is 29.5 Å². The number of carbonyl (C=O) groups excluding carboxylic acids is 5. The fourth-order valence-corrected chi connectivity index (χ4v) is 7.58. The lowest BCUT2D eigenvalue weighted by Gasteiger charge is -2.52. The zero-order valence-electron chi connectivity index (χ0n) is 25.1. The first-order valence-corrected chi connectivity index (χ1v) is 15.0. The van der Waals surface area contributed by atoms with E-state index in [9.17, 15) is 34.2 Å². The van der Waals surface area contributed by atoms with Crippen LogP contribution in [0.5, 0.6) is 5.75 Å². The molecule has 3 aliphatic rings. The van der Waals surface area contributed by atoms with Gasteiger partial charge in [-0.15, -0.1) is 0 Å². The normalized spacial score (nSPS) is 28.2. The third kappa shape index (κ3) is 5.06. The highest BCUT2D eigenvalue weighted by Crippen LogP contribution is 2.51. The smallest absolute Gasteiger partial charge is 0.235 e. The van der Waals surface area contributed by atoms with Gasteiger partial charge in [0.2, 0.25) is 5.91 Å². The number of aromatic hydroxyl groups is 1. The van der Waals surface area contributed by atoms with Crippen LogP contribution in [0.2, 0.25) is 0 Å². The zero-order chi connectivity index (χ0) is 32.1. The molecule has 1 amide bonds. The van der Waals surface area contributed by atoms with Gasteiger partial charge in [0.1, 0.15) is 11.6 Å². The molecule has 2 saturated carbocycles. The number of halogens is 1. The molecule has 0 radical (unpaired) electrons. The van der Waals surface area contributed by atoms with Crippen molar-refractivity contribution in [2.24, 2.45) is 29.4 Å². The fourth-order valence-electron chi connectivity index (χ4n) is 7.58. The number of carbonyl (C=O) groups is 5. The van der Waals surface area contributed by atoms with Crippen LogP contribution in [0.4, 0.5) is 4.39 Å². The number of ketones is 4. The van der Waals surface area contributed by atoms with E-state index in [1.165, 1.54) is 25.1 Å². The highest BCUT2D eigenvalue weighted by molar-refractivity contribution is 6.32.